The number of fused-ring (bicyclic) bond motifs is 1. The van der Waals surface area contributed by atoms with Crippen LogP contribution in [0, 0.1) is 0 Å². The number of ether oxygens (including phenoxy) is 1. The van der Waals surface area contributed by atoms with E-state index in [1.807, 2.05) is 0 Å². The summed E-state index contributed by atoms with van der Waals surface area (Å²) >= 11 is 0. The Labute approximate surface area is 142 Å². The number of cyclic esters (lactones) is 1. The lowest BCUT2D eigenvalue weighted by molar-refractivity contribution is 0.177. The zero-order valence-corrected chi connectivity index (χ0v) is 10.9. The Hall–Kier alpha value is -2.01. The molecule has 112 valence electrons. The fraction of sp³-hybridized carbons (Fsp3) is 0.438. The lowest BCUT2D eigenvalue weighted by Gasteiger charge is -2.09. The number of likely N-dealkylation sites (N-methyl/N-ethyl adjacent to an activating group) is 1. The molecule has 21 heavy (non-hydrogen) atoms. The number of alkyl carbamates (subject to hydrolysis) is 1. The van der Waals surface area contributed by atoms with Crippen LogP contribution in [0.5, 0.6) is 0 Å². The Morgan fingerprint density at radius 3 is 3.33 bits per heavy atom. The fourth-order valence-electron chi connectivity index (χ4n) is 2.05. The average Bonchev–Trinajstić information content (AvgIpc) is 3.06. The number of benzene rings is 1. The third-order valence-electron chi connectivity index (χ3n) is 3.01. The molecule has 0 aliphatic carbocycles. The van der Waals surface area contributed by atoms with Gasteiger partial charge in [-0.2, -0.15) is 0 Å². The normalized spacial score (nSPS) is 35.6. The second kappa shape index (κ2) is 5.77. The van der Waals surface area contributed by atoms with Crippen molar-refractivity contribution in [3.05, 3.63) is 35.5 Å². The van der Waals surface area contributed by atoms with Crippen molar-refractivity contribution in [3.8, 4) is 0 Å². The van der Waals surface area contributed by atoms with Gasteiger partial charge in [-0.05, 0) is 50.0 Å². The third kappa shape index (κ3) is 3.19. The minimum Gasteiger partial charge on any atom is -0.447 e. The number of nitrogens with one attached hydrogen (secondary N) is 2. The Balaban J connectivity index is 2.05. The summed E-state index contributed by atoms with van der Waals surface area (Å²) in [6, 6.07) is 0.577. The molecule has 5 nitrogen and oxygen atoms in total. The van der Waals surface area contributed by atoms with Gasteiger partial charge in [0, 0.05) is 34.6 Å². The monoisotopic (exact) mass is 300 g/mol. The predicted octanol–water partition coefficient (Wildman–Crippen LogP) is 1.92. The van der Waals surface area contributed by atoms with Crippen LogP contribution in [0.2, 0.25) is 2.82 Å². The van der Waals surface area contributed by atoms with Crippen molar-refractivity contribution in [1.82, 2.24) is 15.2 Å². The predicted molar refractivity (Wildman–Crippen MR) is 82.5 cm³/mol. The van der Waals surface area contributed by atoms with Gasteiger partial charge in [0.05, 0.1) is 10.1 Å². The maximum Gasteiger partial charge on any atom is 0.407 e. The van der Waals surface area contributed by atoms with Crippen LogP contribution in [0.4, 0.5) is 4.79 Å². The molecule has 2 N–H and O–H groups in total. The molecule has 2 aromatic rings. The van der Waals surface area contributed by atoms with E-state index in [2.05, 4.69) is 4.74 Å². The van der Waals surface area contributed by atoms with E-state index >= 15 is 0 Å². The zero-order valence-electron chi connectivity index (χ0n) is 23.9. The van der Waals surface area contributed by atoms with Crippen LogP contribution in [-0.4, -0.2) is 49.0 Å². The molecule has 1 fully saturated rings. The van der Waals surface area contributed by atoms with Crippen molar-refractivity contribution in [3.63, 3.8) is 0 Å². The van der Waals surface area contributed by atoms with Crippen molar-refractivity contribution in [2.24, 2.45) is 0 Å². The Morgan fingerprint density at radius 1 is 1.67 bits per heavy atom. The van der Waals surface area contributed by atoms with E-state index in [4.69, 9.17) is 17.9 Å². The summed E-state index contributed by atoms with van der Waals surface area (Å²) < 4.78 is 106. The van der Waals surface area contributed by atoms with Crippen LogP contribution in [0.3, 0.4) is 0 Å². The van der Waals surface area contributed by atoms with Gasteiger partial charge in [0.25, 0.3) is 0 Å². The molecule has 5 heteroatoms. The minimum atomic E-state index is -3.17. The van der Waals surface area contributed by atoms with Crippen LogP contribution >= 0.6 is 0 Å². The van der Waals surface area contributed by atoms with Gasteiger partial charge in [-0.15, -0.1) is 0 Å². The number of carbonyl (C=O) groups is 1. The molecular weight excluding hydrogens is 266 g/mol. The molecule has 1 amide bonds. The number of H-pyrrole nitrogens is 1. The Bertz CT molecular complexity index is 1100. The summed E-state index contributed by atoms with van der Waals surface area (Å²) in [5.74, 6) is 0. The van der Waals surface area contributed by atoms with Gasteiger partial charge in [0.1, 0.15) is 6.56 Å². The summed E-state index contributed by atoms with van der Waals surface area (Å²) in [5.41, 5.74) is 0.266. The zero-order chi connectivity index (χ0) is 26.1. The molecule has 1 aromatic carbocycles. The first-order chi connectivity index (χ1) is 15.2. The first-order valence-electron chi connectivity index (χ1n) is 12.6. The second-order valence-corrected chi connectivity index (χ2v) is 4.47. The van der Waals surface area contributed by atoms with E-state index < -0.39 is 45.5 Å². The lowest BCUT2D eigenvalue weighted by Crippen LogP contribution is -2.28. The van der Waals surface area contributed by atoms with Gasteiger partial charge >= 0.3 is 6.09 Å². The van der Waals surface area contributed by atoms with Crippen LogP contribution in [0.15, 0.2) is 24.4 Å². The summed E-state index contributed by atoms with van der Waals surface area (Å²) in [7, 11) is 0. The summed E-state index contributed by atoms with van der Waals surface area (Å²) in [4.78, 5) is 13.0. The van der Waals surface area contributed by atoms with E-state index in [0.29, 0.717) is 10.5 Å². The maximum atomic E-state index is 11.7. The summed E-state index contributed by atoms with van der Waals surface area (Å²) in [5, 5.41) is 0.0246. The molecule has 1 saturated heterocycles. The fourth-order valence-corrected chi connectivity index (χ4v) is 2.05. The Kier molecular flexibility index (Phi) is 1.46. The largest absolute Gasteiger partial charge is 0.447 e. The minimum absolute atomic E-state index is 0.134. The number of aromatic amines is 1. The van der Waals surface area contributed by atoms with Crippen molar-refractivity contribution in [1.29, 1.82) is 0 Å². The number of aromatic nitrogens is 1. The van der Waals surface area contributed by atoms with Crippen molar-refractivity contribution >= 4 is 17.0 Å². The van der Waals surface area contributed by atoms with E-state index in [1.54, 1.807) is 0 Å². The van der Waals surface area contributed by atoms with Gasteiger partial charge in [-0.1, -0.05) is 6.07 Å². The van der Waals surface area contributed by atoms with Crippen LogP contribution in [0.25, 0.3) is 10.9 Å². The average molecular weight is 300 g/mol. The van der Waals surface area contributed by atoms with Gasteiger partial charge in [0.15, 0.2) is 2.82 Å². The number of rotatable bonds is 5. The molecule has 0 unspecified atom stereocenters. The van der Waals surface area contributed by atoms with E-state index in [0.717, 1.165) is 4.98 Å². The quantitative estimate of drug-likeness (QED) is 0.887. The molecule has 1 aliphatic rings. The van der Waals surface area contributed by atoms with Gasteiger partial charge < -0.3 is 19.9 Å². The van der Waals surface area contributed by atoms with Crippen molar-refractivity contribution < 1.29 is 27.4 Å². The molecule has 0 radical (unpaired) electrons. The highest BCUT2D eigenvalue weighted by molar-refractivity contribution is 5.84. The van der Waals surface area contributed by atoms with Crippen LogP contribution < -0.4 is 5.31 Å². The number of hydrogen-bond donors (Lipinski definition) is 2. The van der Waals surface area contributed by atoms with E-state index in [-0.39, 0.29) is 28.2 Å². The topological polar surface area (TPSA) is 57.4 Å². The molecule has 0 bridgehead atoms. The molecule has 1 aromatic heterocycles. The first-order valence-corrected chi connectivity index (χ1v) is 6.19. The molecule has 2 heterocycles. The van der Waals surface area contributed by atoms with Crippen LogP contribution in [-0.2, 0) is 17.5 Å². The van der Waals surface area contributed by atoms with Gasteiger partial charge in [-0.3, -0.25) is 0 Å². The molecular formula is C16H21N3O2. The smallest absolute Gasteiger partial charge is 0.407 e. The Morgan fingerprint density at radius 2 is 2.57 bits per heavy atom. The van der Waals surface area contributed by atoms with E-state index in [9.17, 15) is 4.79 Å². The number of amides is 1. The number of carbonyl (C=O) groups excluding carboxylic acids is 1. The highest BCUT2D eigenvalue weighted by Crippen LogP contribution is 2.21. The molecule has 0 saturated carbocycles. The maximum absolute atomic E-state index is 11.7. The molecule has 0 spiro atoms. The second-order valence-electron chi connectivity index (χ2n) is 4.47. The van der Waals surface area contributed by atoms with Crippen LogP contribution in [0.1, 0.15) is 26.2 Å². The lowest BCUT2D eigenvalue weighted by atomic mass is 10.0. The summed E-state index contributed by atoms with van der Waals surface area (Å²) in [6.07, 6.45) is -3.33. The SMILES string of the molecule is [2H]N1C(=O)OC([2H])([2H])[C@]1([2H])C([2H])([2H])c1ccc2c(c1)c(CCN(C([2H])([2H])[2H])C([2H])([2H])[2H])cn2[2H]. The first kappa shape index (κ1) is 5.32. The number of nitrogens with zero attached hydrogens (tertiary/aromatic N) is 1. The highest BCUT2D eigenvalue weighted by atomic mass is 16.6. The molecule has 1 aliphatic heterocycles. The number of hydrogen-bond acceptors (Lipinski definition) is 3. The highest BCUT2D eigenvalue weighted by Gasteiger charge is 2.22. The molecule has 3 rings (SSSR count). The van der Waals surface area contributed by atoms with Crippen molar-refractivity contribution in [2.75, 3.05) is 27.1 Å². The molecule has 1 atom stereocenters. The standard InChI is InChI=1S/C16H21N3O2/c1-19(2)6-5-12-9-17-15-4-3-11(8-14(12)15)7-13-10-21-16(20)18-13/h3-4,8-9,13,17H,5-7,10H2,1-2H3,(H,18,20)/t13-/m0/s1/i1D3,2D3,7D2,10D2,13D/hD2. The van der Waals surface area contributed by atoms with E-state index in [1.165, 1.54) is 24.4 Å². The van der Waals surface area contributed by atoms with Gasteiger partial charge in [0.2, 0.25) is 0 Å². The van der Waals surface area contributed by atoms with Gasteiger partial charge in [-0.25, -0.2) is 4.79 Å². The van der Waals surface area contributed by atoms with Crippen molar-refractivity contribution in [2.45, 2.75) is 18.8 Å². The summed E-state index contributed by atoms with van der Waals surface area (Å²) in [6.45, 7) is -9.43. The third-order valence-corrected chi connectivity index (χ3v) is 3.01.